The molecule has 0 unspecified atom stereocenters. The number of ether oxygens (including phenoxy) is 1. The molecule has 0 radical (unpaired) electrons. The van der Waals surface area contributed by atoms with Crippen LogP contribution in [0.4, 0.5) is 0 Å². The van der Waals surface area contributed by atoms with Crippen molar-refractivity contribution >= 4 is 6.40 Å². The molecule has 0 N–H and O–H groups in total. The molecule has 1 fully saturated rings. The minimum absolute atomic E-state index is 0.153. The highest BCUT2D eigenvalue weighted by Gasteiger charge is 2.46. The van der Waals surface area contributed by atoms with Gasteiger partial charge < -0.3 is 4.74 Å². The molecule has 1 heterocycles. The molecule has 2 nitrogen and oxygen atoms in total. The Kier molecular flexibility index (Phi) is 0.875. The molecule has 0 aromatic carbocycles. The summed E-state index contributed by atoms with van der Waals surface area (Å²) in [6.45, 7) is 2.13. The van der Waals surface area contributed by atoms with Gasteiger partial charge in [0.25, 0.3) is 0 Å². The number of rotatable bonds is 0. The molecule has 0 aromatic heterocycles. The zero-order chi connectivity index (χ0) is 6.32. The van der Waals surface area contributed by atoms with E-state index in [9.17, 15) is 0 Å². The second-order valence-electron chi connectivity index (χ2n) is 2.97. The van der Waals surface area contributed by atoms with E-state index in [1.807, 2.05) is 0 Å². The Morgan fingerprint density at radius 1 is 1.67 bits per heavy atom. The van der Waals surface area contributed by atoms with Crippen LogP contribution in [0.3, 0.4) is 0 Å². The van der Waals surface area contributed by atoms with Gasteiger partial charge in [0.2, 0.25) is 0 Å². The summed E-state index contributed by atoms with van der Waals surface area (Å²) in [5.41, 5.74) is 0.153. The van der Waals surface area contributed by atoms with E-state index in [-0.39, 0.29) is 5.60 Å². The minimum Gasteiger partial charge on any atom is -0.475 e. The summed E-state index contributed by atoms with van der Waals surface area (Å²) in [7, 11) is 0. The highest BCUT2D eigenvalue weighted by Crippen LogP contribution is 2.41. The quantitative estimate of drug-likeness (QED) is 0.479. The van der Waals surface area contributed by atoms with Gasteiger partial charge in [-0.25, -0.2) is 0 Å². The predicted octanol–water partition coefficient (Wildman–Crippen LogP) is 1.36. The molecule has 1 aliphatic carbocycles. The highest BCUT2D eigenvalue weighted by molar-refractivity contribution is 5.51. The SMILES string of the molecule is C[C@H]1N=COC12CCC2. The third-order valence-electron chi connectivity index (χ3n) is 2.53. The van der Waals surface area contributed by atoms with E-state index in [2.05, 4.69) is 11.9 Å². The van der Waals surface area contributed by atoms with Crippen LogP contribution in [-0.2, 0) is 4.74 Å². The van der Waals surface area contributed by atoms with Gasteiger partial charge in [0.1, 0.15) is 5.60 Å². The fraction of sp³-hybridized carbons (Fsp3) is 0.857. The zero-order valence-electron chi connectivity index (χ0n) is 5.63. The Balaban J connectivity index is 2.13. The Hall–Kier alpha value is -0.530. The van der Waals surface area contributed by atoms with Crippen LogP contribution in [0.2, 0.25) is 0 Å². The lowest BCUT2D eigenvalue weighted by Crippen LogP contribution is -2.44. The van der Waals surface area contributed by atoms with E-state index in [1.54, 1.807) is 6.40 Å². The van der Waals surface area contributed by atoms with Crippen LogP contribution in [-0.4, -0.2) is 18.0 Å². The highest BCUT2D eigenvalue weighted by atomic mass is 16.5. The van der Waals surface area contributed by atoms with Gasteiger partial charge in [-0.15, -0.1) is 0 Å². The van der Waals surface area contributed by atoms with Crippen molar-refractivity contribution < 1.29 is 4.74 Å². The molecule has 0 amide bonds. The molecule has 0 bridgehead atoms. The first kappa shape index (κ1) is 5.27. The number of nitrogens with zero attached hydrogens (tertiary/aromatic N) is 1. The van der Waals surface area contributed by atoms with Gasteiger partial charge in [-0.3, -0.25) is 4.99 Å². The maximum atomic E-state index is 5.40. The summed E-state index contributed by atoms with van der Waals surface area (Å²) in [4.78, 5) is 4.16. The molecule has 1 spiro atoms. The van der Waals surface area contributed by atoms with Crippen LogP contribution < -0.4 is 0 Å². The lowest BCUT2D eigenvalue weighted by atomic mass is 9.76. The molecule has 2 aliphatic rings. The Labute approximate surface area is 54.9 Å². The fourth-order valence-electron chi connectivity index (χ4n) is 1.52. The molecular formula is C7H11NO. The molecule has 1 atom stereocenters. The lowest BCUT2D eigenvalue weighted by Gasteiger charge is -2.39. The van der Waals surface area contributed by atoms with Crippen molar-refractivity contribution in [3.8, 4) is 0 Å². The third-order valence-corrected chi connectivity index (χ3v) is 2.53. The summed E-state index contributed by atoms with van der Waals surface area (Å²) >= 11 is 0. The van der Waals surface area contributed by atoms with Gasteiger partial charge in [0, 0.05) is 0 Å². The normalized spacial score (nSPS) is 36.3. The largest absolute Gasteiger partial charge is 0.475 e. The second-order valence-corrected chi connectivity index (χ2v) is 2.97. The van der Waals surface area contributed by atoms with Crippen molar-refractivity contribution in [3.63, 3.8) is 0 Å². The summed E-state index contributed by atoms with van der Waals surface area (Å²) in [5.74, 6) is 0. The summed E-state index contributed by atoms with van der Waals surface area (Å²) in [5, 5.41) is 0. The third kappa shape index (κ3) is 0.533. The van der Waals surface area contributed by atoms with Crippen molar-refractivity contribution in [3.05, 3.63) is 0 Å². The van der Waals surface area contributed by atoms with Crippen molar-refractivity contribution in [1.29, 1.82) is 0 Å². The summed E-state index contributed by atoms with van der Waals surface area (Å²) in [6, 6.07) is 0.409. The van der Waals surface area contributed by atoms with E-state index >= 15 is 0 Å². The first-order valence-corrected chi connectivity index (χ1v) is 3.53. The zero-order valence-corrected chi connectivity index (χ0v) is 5.63. The Morgan fingerprint density at radius 2 is 2.44 bits per heavy atom. The summed E-state index contributed by atoms with van der Waals surface area (Å²) in [6.07, 6.45) is 5.33. The molecule has 1 saturated carbocycles. The van der Waals surface area contributed by atoms with E-state index in [4.69, 9.17) is 4.74 Å². The van der Waals surface area contributed by atoms with Gasteiger partial charge in [-0.05, 0) is 26.2 Å². The van der Waals surface area contributed by atoms with Crippen LogP contribution in [0, 0.1) is 0 Å². The first-order chi connectivity index (χ1) is 4.33. The molecule has 0 saturated heterocycles. The van der Waals surface area contributed by atoms with Gasteiger partial charge >= 0.3 is 0 Å². The molecular weight excluding hydrogens is 114 g/mol. The van der Waals surface area contributed by atoms with Crippen molar-refractivity contribution in [1.82, 2.24) is 0 Å². The molecule has 2 heteroatoms. The van der Waals surface area contributed by atoms with E-state index in [0.717, 1.165) is 0 Å². The van der Waals surface area contributed by atoms with Gasteiger partial charge in [0.05, 0.1) is 6.04 Å². The van der Waals surface area contributed by atoms with Crippen LogP contribution in [0.5, 0.6) is 0 Å². The van der Waals surface area contributed by atoms with E-state index in [0.29, 0.717) is 6.04 Å². The molecule has 50 valence electrons. The number of hydrogen-bond acceptors (Lipinski definition) is 2. The van der Waals surface area contributed by atoms with Crippen LogP contribution in [0.25, 0.3) is 0 Å². The van der Waals surface area contributed by atoms with Crippen molar-refractivity contribution in [2.75, 3.05) is 0 Å². The number of hydrogen-bond donors (Lipinski definition) is 0. The van der Waals surface area contributed by atoms with Gasteiger partial charge in [-0.1, -0.05) is 0 Å². The molecule has 0 aromatic rings. The average molecular weight is 125 g/mol. The maximum absolute atomic E-state index is 5.40. The Bertz CT molecular complexity index is 149. The molecule has 1 aliphatic heterocycles. The fourth-order valence-corrected chi connectivity index (χ4v) is 1.52. The van der Waals surface area contributed by atoms with E-state index in [1.165, 1.54) is 19.3 Å². The smallest absolute Gasteiger partial charge is 0.170 e. The standard InChI is InChI=1S/C7H11NO/c1-6-7(3-2-4-7)9-5-8-6/h5-6H,2-4H2,1H3/t6-/m1/s1. The maximum Gasteiger partial charge on any atom is 0.170 e. The topological polar surface area (TPSA) is 21.6 Å². The van der Waals surface area contributed by atoms with Crippen molar-refractivity contribution in [2.45, 2.75) is 37.8 Å². The predicted molar refractivity (Wildman–Crippen MR) is 35.6 cm³/mol. The van der Waals surface area contributed by atoms with Crippen LogP contribution in [0.15, 0.2) is 4.99 Å². The number of aliphatic imine (C=N–C) groups is 1. The monoisotopic (exact) mass is 125 g/mol. The van der Waals surface area contributed by atoms with Crippen LogP contribution in [0.1, 0.15) is 26.2 Å². The minimum atomic E-state index is 0.153. The van der Waals surface area contributed by atoms with Crippen molar-refractivity contribution in [2.24, 2.45) is 4.99 Å². The van der Waals surface area contributed by atoms with Gasteiger partial charge in [0.15, 0.2) is 6.40 Å². The first-order valence-electron chi connectivity index (χ1n) is 3.53. The lowest BCUT2D eigenvalue weighted by molar-refractivity contribution is -0.0103. The summed E-state index contributed by atoms with van der Waals surface area (Å²) < 4.78 is 5.40. The molecule has 2 rings (SSSR count). The van der Waals surface area contributed by atoms with Gasteiger partial charge in [-0.2, -0.15) is 0 Å². The Morgan fingerprint density at radius 3 is 2.67 bits per heavy atom. The van der Waals surface area contributed by atoms with E-state index < -0.39 is 0 Å². The molecule has 9 heavy (non-hydrogen) atoms. The average Bonchev–Trinajstić information content (AvgIpc) is 2.07. The van der Waals surface area contributed by atoms with Crippen LogP contribution >= 0.6 is 0 Å². The second kappa shape index (κ2) is 1.49.